The van der Waals surface area contributed by atoms with E-state index < -0.39 is 0 Å². The Bertz CT molecular complexity index is 316. The van der Waals surface area contributed by atoms with E-state index in [0.29, 0.717) is 0 Å². The molecule has 1 fully saturated rings. The van der Waals surface area contributed by atoms with E-state index in [-0.39, 0.29) is 29.9 Å². The van der Waals surface area contributed by atoms with Crippen LogP contribution in [0, 0.1) is 0 Å². The van der Waals surface area contributed by atoms with E-state index in [2.05, 4.69) is 27.4 Å². The number of guanidine groups is 1. The van der Waals surface area contributed by atoms with Gasteiger partial charge in [-0.05, 0) is 6.42 Å². The largest absolute Gasteiger partial charge is 0.356 e. The quantitative estimate of drug-likeness (QED) is 0.293. The van der Waals surface area contributed by atoms with Crippen LogP contribution in [0.3, 0.4) is 0 Å². The summed E-state index contributed by atoms with van der Waals surface area (Å²) in [5.74, 6) is 1.06. The molecule has 0 spiro atoms. The summed E-state index contributed by atoms with van der Waals surface area (Å²) in [5.41, 5.74) is 0. The molecule has 1 aliphatic heterocycles. The minimum absolute atomic E-state index is 0. The molecule has 0 bridgehead atoms. The number of hydrogen-bond donors (Lipinski definition) is 2. The molecule has 1 heterocycles. The Labute approximate surface area is 145 Å². The molecule has 1 rings (SSSR count). The van der Waals surface area contributed by atoms with Crippen LogP contribution in [0.2, 0.25) is 0 Å². The van der Waals surface area contributed by atoms with Crippen molar-refractivity contribution in [3.63, 3.8) is 0 Å². The van der Waals surface area contributed by atoms with Crippen LogP contribution in [-0.4, -0.2) is 74.5 Å². The van der Waals surface area contributed by atoms with Crippen LogP contribution in [0.15, 0.2) is 4.99 Å². The third-order valence-corrected chi connectivity index (χ3v) is 3.58. The van der Waals surface area contributed by atoms with Crippen molar-refractivity contribution < 1.29 is 4.79 Å². The first-order chi connectivity index (χ1) is 9.67. The number of hydrogen-bond acceptors (Lipinski definition) is 3. The standard InChI is InChI=1S/C14H29N5O.HI/c1-4-5-6-16-14(15-3)17-7-8-18-9-11-19(12-10-18)13(2)20;/h4-12H2,1-3H3,(H2,15,16,17);1H. The monoisotopic (exact) mass is 411 g/mol. The molecule has 1 aliphatic rings. The Kier molecular flexibility index (Phi) is 11.7. The van der Waals surface area contributed by atoms with Gasteiger partial charge in [0.1, 0.15) is 0 Å². The number of rotatable bonds is 6. The van der Waals surface area contributed by atoms with Gasteiger partial charge in [-0.3, -0.25) is 14.7 Å². The smallest absolute Gasteiger partial charge is 0.219 e. The molecule has 21 heavy (non-hydrogen) atoms. The van der Waals surface area contributed by atoms with Crippen LogP contribution < -0.4 is 10.6 Å². The van der Waals surface area contributed by atoms with Crippen LogP contribution in [0.1, 0.15) is 26.7 Å². The minimum atomic E-state index is 0. The SMILES string of the molecule is CCCCNC(=NC)NCCN1CCN(C(C)=O)CC1.I. The fraction of sp³-hybridized carbons (Fsp3) is 0.857. The van der Waals surface area contributed by atoms with Gasteiger partial charge in [0.25, 0.3) is 0 Å². The predicted molar refractivity (Wildman–Crippen MR) is 98.4 cm³/mol. The molecule has 0 aromatic rings. The Morgan fingerprint density at radius 2 is 1.76 bits per heavy atom. The van der Waals surface area contributed by atoms with E-state index in [1.165, 1.54) is 6.42 Å². The molecular formula is C14H30IN5O. The zero-order valence-corrected chi connectivity index (χ0v) is 15.9. The molecule has 0 radical (unpaired) electrons. The van der Waals surface area contributed by atoms with Crippen LogP contribution in [0.25, 0.3) is 0 Å². The van der Waals surface area contributed by atoms with E-state index in [9.17, 15) is 4.79 Å². The van der Waals surface area contributed by atoms with Gasteiger partial charge in [-0.15, -0.1) is 24.0 Å². The van der Waals surface area contributed by atoms with Crippen molar-refractivity contribution in [1.82, 2.24) is 20.4 Å². The third kappa shape index (κ3) is 8.45. The molecule has 1 amide bonds. The van der Waals surface area contributed by atoms with Crippen molar-refractivity contribution in [2.45, 2.75) is 26.7 Å². The Morgan fingerprint density at radius 3 is 2.29 bits per heavy atom. The normalized spacial score (nSPS) is 16.3. The molecule has 7 heteroatoms. The Balaban J connectivity index is 0.00000400. The summed E-state index contributed by atoms with van der Waals surface area (Å²) in [5, 5.41) is 6.62. The summed E-state index contributed by atoms with van der Waals surface area (Å²) < 4.78 is 0. The third-order valence-electron chi connectivity index (χ3n) is 3.58. The van der Waals surface area contributed by atoms with Gasteiger partial charge < -0.3 is 15.5 Å². The first-order valence-electron chi connectivity index (χ1n) is 7.59. The molecule has 0 unspecified atom stereocenters. The highest BCUT2D eigenvalue weighted by molar-refractivity contribution is 14.0. The summed E-state index contributed by atoms with van der Waals surface area (Å²) >= 11 is 0. The summed E-state index contributed by atoms with van der Waals surface area (Å²) in [6.45, 7) is 10.3. The predicted octanol–water partition coefficient (Wildman–Crippen LogP) is 0.734. The van der Waals surface area contributed by atoms with Crippen molar-refractivity contribution in [2.75, 3.05) is 52.9 Å². The van der Waals surface area contributed by atoms with Crippen molar-refractivity contribution in [2.24, 2.45) is 4.99 Å². The first kappa shape index (κ1) is 20.4. The lowest BCUT2D eigenvalue weighted by molar-refractivity contribution is -0.130. The van der Waals surface area contributed by atoms with Crippen molar-refractivity contribution >= 4 is 35.8 Å². The number of carbonyl (C=O) groups excluding carboxylic acids is 1. The second-order valence-corrected chi connectivity index (χ2v) is 5.13. The van der Waals surface area contributed by atoms with E-state index >= 15 is 0 Å². The van der Waals surface area contributed by atoms with E-state index in [1.54, 1.807) is 14.0 Å². The molecular weight excluding hydrogens is 381 g/mol. The van der Waals surface area contributed by atoms with Crippen molar-refractivity contribution in [1.29, 1.82) is 0 Å². The van der Waals surface area contributed by atoms with Crippen LogP contribution in [-0.2, 0) is 4.79 Å². The van der Waals surface area contributed by atoms with E-state index in [4.69, 9.17) is 0 Å². The maximum absolute atomic E-state index is 11.2. The molecule has 0 atom stereocenters. The average molecular weight is 411 g/mol. The number of nitrogens with zero attached hydrogens (tertiary/aromatic N) is 3. The highest BCUT2D eigenvalue weighted by atomic mass is 127. The molecule has 0 saturated carbocycles. The van der Waals surface area contributed by atoms with Gasteiger partial charge in [-0.25, -0.2) is 0 Å². The number of unbranched alkanes of at least 4 members (excludes halogenated alkanes) is 1. The number of piperazine rings is 1. The summed E-state index contributed by atoms with van der Waals surface area (Å²) in [4.78, 5) is 19.7. The maximum Gasteiger partial charge on any atom is 0.219 e. The van der Waals surface area contributed by atoms with Gasteiger partial charge in [0, 0.05) is 59.8 Å². The van der Waals surface area contributed by atoms with Gasteiger partial charge in [-0.1, -0.05) is 13.3 Å². The minimum Gasteiger partial charge on any atom is -0.356 e. The van der Waals surface area contributed by atoms with Crippen molar-refractivity contribution in [3.8, 4) is 0 Å². The lowest BCUT2D eigenvalue weighted by Crippen LogP contribution is -2.50. The zero-order chi connectivity index (χ0) is 14.8. The van der Waals surface area contributed by atoms with Crippen LogP contribution >= 0.6 is 24.0 Å². The second-order valence-electron chi connectivity index (χ2n) is 5.13. The van der Waals surface area contributed by atoms with Gasteiger partial charge >= 0.3 is 0 Å². The lowest BCUT2D eigenvalue weighted by atomic mass is 10.3. The molecule has 6 nitrogen and oxygen atoms in total. The Hall–Kier alpha value is -0.570. The molecule has 0 aliphatic carbocycles. The number of nitrogens with one attached hydrogen (secondary N) is 2. The summed E-state index contributed by atoms with van der Waals surface area (Å²) in [6.07, 6.45) is 2.35. The lowest BCUT2D eigenvalue weighted by Gasteiger charge is -2.34. The number of carbonyl (C=O) groups is 1. The fourth-order valence-electron chi connectivity index (χ4n) is 2.22. The van der Waals surface area contributed by atoms with Gasteiger partial charge in [0.15, 0.2) is 5.96 Å². The fourth-order valence-corrected chi connectivity index (χ4v) is 2.22. The number of amides is 1. The maximum atomic E-state index is 11.2. The molecule has 0 aromatic heterocycles. The highest BCUT2D eigenvalue weighted by Gasteiger charge is 2.17. The molecule has 124 valence electrons. The van der Waals surface area contributed by atoms with E-state index in [0.717, 1.165) is 58.2 Å². The Morgan fingerprint density at radius 1 is 1.14 bits per heavy atom. The van der Waals surface area contributed by atoms with Crippen LogP contribution in [0.5, 0.6) is 0 Å². The van der Waals surface area contributed by atoms with Gasteiger partial charge in [0.05, 0.1) is 0 Å². The first-order valence-corrected chi connectivity index (χ1v) is 7.59. The highest BCUT2D eigenvalue weighted by Crippen LogP contribution is 2.00. The van der Waals surface area contributed by atoms with Gasteiger partial charge in [-0.2, -0.15) is 0 Å². The zero-order valence-electron chi connectivity index (χ0n) is 13.5. The second kappa shape index (κ2) is 12.0. The summed E-state index contributed by atoms with van der Waals surface area (Å²) in [6, 6.07) is 0. The summed E-state index contributed by atoms with van der Waals surface area (Å²) in [7, 11) is 1.80. The van der Waals surface area contributed by atoms with Crippen molar-refractivity contribution in [3.05, 3.63) is 0 Å². The van der Waals surface area contributed by atoms with Gasteiger partial charge in [0.2, 0.25) is 5.91 Å². The van der Waals surface area contributed by atoms with Crippen LogP contribution in [0.4, 0.5) is 0 Å². The topological polar surface area (TPSA) is 60.0 Å². The molecule has 0 aromatic carbocycles. The molecule has 1 saturated heterocycles. The average Bonchev–Trinajstić information content (AvgIpc) is 2.46. The number of halogens is 1. The molecule has 2 N–H and O–H groups in total. The van der Waals surface area contributed by atoms with E-state index in [1.807, 2.05) is 4.90 Å². The number of aliphatic imine (C=N–C) groups is 1.